The molecule has 0 radical (unpaired) electrons. The Morgan fingerprint density at radius 1 is 1.00 bits per heavy atom. The molecule has 0 amide bonds. The Kier molecular flexibility index (Phi) is 9.14. The van der Waals surface area contributed by atoms with Gasteiger partial charge in [-0.1, -0.05) is 12.1 Å². The molecule has 0 fully saturated rings. The van der Waals surface area contributed by atoms with Gasteiger partial charge in [-0.2, -0.15) is 0 Å². The maximum absolute atomic E-state index is 10.4. The second kappa shape index (κ2) is 9.42. The fraction of sp³-hybridized carbons (Fsp3) is 0.143. The Morgan fingerprint density at radius 2 is 1.48 bits per heavy atom. The van der Waals surface area contributed by atoms with E-state index >= 15 is 0 Å². The molecule has 0 aliphatic carbocycles. The van der Waals surface area contributed by atoms with Gasteiger partial charge < -0.3 is 5.73 Å². The summed E-state index contributed by atoms with van der Waals surface area (Å²) in [6.07, 6.45) is 0. The van der Waals surface area contributed by atoms with E-state index in [1.165, 1.54) is 5.56 Å². The van der Waals surface area contributed by atoms with Crippen LogP contribution in [-0.2, 0) is 0 Å². The first-order valence-electron chi connectivity index (χ1n) is 5.73. The zero-order chi connectivity index (χ0) is 15.3. The first kappa shape index (κ1) is 20.4. The van der Waals surface area contributed by atoms with E-state index < -0.39 is 0 Å². The van der Waals surface area contributed by atoms with Crippen LogP contribution in [0.3, 0.4) is 0 Å². The van der Waals surface area contributed by atoms with Gasteiger partial charge in [-0.3, -0.25) is 10.1 Å². The van der Waals surface area contributed by atoms with Crippen molar-refractivity contribution < 1.29 is 4.92 Å². The maximum atomic E-state index is 10.4. The smallest absolute Gasteiger partial charge is 0.282 e. The van der Waals surface area contributed by atoms with E-state index in [1.54, 1.807) is 12.1 Å². The van der Waals surface area contributed by atoms with E-state index in [0.29, 0.717) is 3.57 Å². The average Bonchev–Trinajstić information content (AvgIpc) is 2.38. The molecule has 114 valence electrons. The van der Waals surface area contributed by atoms with E-state index in [2.05, 4.69) is 28.7 Å². The number of nitro groups is 1. The lowest BCUT2D eigenvalue weighted by Crippen LogP contribution is -1.91. The van der Waals surface area contributed by atoms with E-state index in [1.807, 2.05) is 54.6 Å². The number of nitro benzene ring substituents is 1. The summed E-state index contributed by atoms with van der Waals surface area (Å²) in [5.41, 5.74) is 8.80. The van der Waals surface area contributed by atoms with Crippen molar-refractivity contribution >= 4 is 69.0 Å². The van der Waals surface area contributed by atoms with Crippen LogP contribution in [0, 0.1) is 31.1 Å². The summed E-state index contributed by atoms with van der Waals surface area (Å²) in [5.74, 6) is 0. The van der Waals surface area contributed by atoms with Crippen molar-refractivity contribution in [3.05, 3.63) is 64.8 Å². The highest BCUT2D eigenvalue weighted by Gasteiger charge is 2.09. The number of nitrogens with zero attached hydrogens (tertiary/aromatic N) is 1. The standard InChI is InChI=1S/C7H6INO2.C7H8IN.ClH/c1-5-2-3-6(8)7(4-5)9(10)11;1-5-2-3-6(8)7(9)4-5;/h2-4H,1H3;2-4H,9H2,1H3;1H. The predicted molar refractivity (Wildman–Crippen MR) is 106 cm³/mol. The monoisotopic (exact) mass is 532 g/mol. The molecule has 0 unspecified atom stereocenters. The molecule has 0 atom stereocenters. The second-order valence-electron chi connectivity index (χ2n) is 4.24. The van der Waals surface area contributed by atoms with Crippen LogP contribution in [0.2, 0.25) is 0 Å². The van der Waals surface area contributed by atoms with Crippen molar-refractivity contribution in [1.29, 1.82) is 0 Å². The van der Waals surface area contributed by atoms with Crippen LogP contribution in [0.4, 0.5) is 11.4 Å². The molecule has 2 aromatic carbocycles. The third-order valence-electron chi connectivity index (χ3n) is 2.45. The number of nitrogens with two attached hydrogens (primary N) is 1. The lowest BCUT2D eigenvalue weighted by molar-refractivity contribution is -0.385. The molecule has 2 rings (SSSR count). The van der Waals surface area contributed by atoms with E-state index in [-0.39, 0.29) is 23.0 Å². The van der Waals surface area contributed by atoms with Gasteiger partial charge in [0.1, 0.15) is 0 Å². The van der Waals surface area contributed by atoms with E-state index in [0.717, 1.165) is 14.8 Å². The van der Waals surface area contributed by atoms with Gasteiger partial charge in [-0.05, 0) is 88.4 Å². The molecular formula is C14H15ClI2N2O2. The van der Waals surface area contributed by atoms with Crippen LogP contribution in [0.15, 0.2) is 36.4 Å². The lowest BCUT2D eigenvalue weighted by atomic mass is 10.2. The number of hydrogen-bond acceptors (Lipinski definition) is 3. The van der Waals surface area contributed by atoms with E-state index in [4.69, 9.17) is 5.73 Å². The summed E-state index contributed by atoms with van der Waals surface area (Å²) in [6, 6.07) is 11.2. The largest absolute Gasteiger partial charge is 0.398 e. The fourth-order valence-electron chi connectivity index (χ4n) is 1.43. The molecule has 0 heterocycles. The minimum Gasteiger partial charge on any atom is -0.398 e. The number of halogens is 3. The number of anilines is 1. The van der Waals surface area contributed by atoms with Crippen LogP contribution in [0.25, 0.3) is 0 Å². The predicted octanol–water partition coefficient (Wildman–Crippen LogP) is 5.11. The molecule has 7 heteroatoms. The molecule has 0 saturated carbocycles. The van der Waals surface area contributed by atoms with Gasteiger partial charge >= 0.3 is 0 Å². The van der Waals surface area contributed by atoms with Crippen molar-refractivity contribution in [1.82, 2.24) is 0 Å². The number of aryl methyl sites for hydroxylation is 2. The summed E-state index contributed by atoms with van der Waals surface area (Å²) < 4.78 is 1.80. The van der Waals surface area contributed by atoms with Gasteiger partial charge in [0.05, 0.1) is 8.49 Å². The zero-order valence-electron chi connectivity index (χ0n) is 11.5. The molecule has 2 N–H and O–H groups in total. The van der Waals surface area contributed by atoms with Gasteiger partial charge in [0, 0.05) is 15.3 Å². The fourth-order valence-corrected chi connectivity index (χ4v) is 2.29. The van der Waals surface area contributed by atoms with E-state index in [9.17, 15) is 10.1 Å². The summed E-state index contributed by atoms with van der Waals surface area (Å²) in [7, 11) is 0. The van der Waals surface area contributed by atoms with Crippen molar-refractivity contribution in [3.63, 3.8) is 0 Å². The molecule has 2 aromatic rings. The highest BCUT2D eigenvalue weighted by Crippen LogP contribution is 2.21. The minimum atomic E-state index is -0.366. The Balaban J connectivity index is 0.000000370. The number of nitrogen functional groups attached to an aromatic ring is 1. The van der Waals surface area contributed by atoms with Crippen LogP contribution >= 0.6 is 57.6 Å². The second-order valence-corrected chi connectivity index (χ2v) is 6.56. The molecule has 0 aromatic heterocycles. The van der Waals surface area contributed by atoms with Gasteiger partial charge in [0.25, 0.3) is 5.69 Å². The average molecular weight is 533 g/mol. The summed E-state index contributed by atoms with van der Waals surface area (Å²) in [5, 5.41) is 10.4. The SMILES string of the molecule is Cc1ccc(I)c(N)c1.Cc1ccc(I)c([N+](=O)[O-])c1.Cl. The van der Waals surface area contributed by atoms with Gasteiger partial charge in [0.2, 0.25) is 0 Å². The summed E-state index contributed by atoms with van der Waals surface area (Å²) >= 11 is 4.17. The number of hydrogen-bond donors (Lipinski definition) is 1. The van der Waals surface area contributed by atoms with Crippen LogP contribution in [0.5, 0.6) is 0 Å². The van der Waals surface area contributed by atoms with Gasteiger partial charge in [-0.15, -0.1) is 12.4 Å². The third-order valence-corrected chi connectivity index (χ3v) is 4.34. The quantitative estimate of drug-likeness (QED) is 0.240. The number of rotatable bonds is 1. The molecule has 4 nitrogen and oxygen atoms in total. The zero-order valence-corrected chi connectivity index (χ0v) is 16.6. The first-order chi connectivity index (χ1) is 9.31. The van der Waals surface area contributed by atoms with Crippen molar-refractivity contribution in [3.8, 4) is 0 Å². The Labute approximate surface area is 157 Å². The Hall–Kier alpha value is -0.610. The third kappa shape index (κ3) is 6.79. The highest BCUT2D eigenvalue weighted by atomic mass is 127. The molecule has 0 aliphatic rings. The first-order valence-corrected chi connectivity index (χ1v) is 7.89. The molecular weight excluding hydrogens is 517 g/mol. The van der Waals surface area contributed by atoms with Gasteiger partial charge in [-0.25, -0.2) is 0 Å². The molecule has 21 heavy (non-hydrogen) atoms. The van der Waals surface area contributed by atoms with Gasteiger partial charge in [0.15, 0.2) is 0 Å². The van der Waals surface area contributed by atoms with Crippen LogP contribution in [-0.4, -0.2) is 4.92 Å². The molecule has 0 aliphatic heterocycles. The normalized spacial score (nSPS) is 9.14. The van der Waals surface area contributed by atoms with Crippen molar-refractivity contribution in [2.75, 3.05) is 5.73 Å². The minimum absolute atomic E-state index is 0. The topological polar surface area (TPSA) is 69.2 Å². The lowest BCUT2D eigenvalue weighted by Gasteiger charge is -1.96. The van der Waals surface area contributed by atoms with Crippen molar-refractivity contribution in [2.24, 2.45) is 0 Å². The summed E-state index contributed by atoms with van der Waals surface area (Å²) in [6.45, 7) is 3.87. The molecule has 0 saturated heterocycles. The highest BCUT2D eigenvalue weighted by molar-refractivity contribution is 14.1. The van der Waals surface area contributed by atoms with Crippen LogP contribution < -0.4 is 5.73 Å². The van der Waals surface area contributed by atoms with Crippen LogP contribution in [0.1, 0.15) is 11.1 Å². The Bertz CT molecular complexity index is 636. The maximum Gasteiger partial charge on any atom is 0.282 e. The van der Waals surface area contributed by atoms with Crippen molar-refractivity contribution in [2.45, 2.75) is 13.8 Å². The molecule has 0 bridgehead atoms. The summed E-state index contributed by atoms with van der Waals surface area (Å²) in [4.78, 5) is 10.0. The number of benzene rings is 2. The molecule has 0 spiro atoms. The Morgan fingerprint density at radius 3 is 1.86 bits per heavy atom.